The molecular formula is C20H19N5. The van der Waals surface area contributed by atoms with Crippen LogP contribution in [0.15, 0.2) is 66.7 Å². The molecule has 0 amide bonds. The standard InChI is InChI=1S/C20H19N5/c1-25(13-14-8-4-2-5-9-14)17-12-16(15-10-6-3-7-11-15)18-19(21)23-24-20(18)22-17/h2-12H,13H2,1H3,(H3,21,22,23,24). The van der Waals surface area contributed by atoms with E-state index in [1.54, 1.807) is 0 Å². The van der Waals surface area contributed by atoms with E-state index in [1.807, 2.05) is 43.4 Å². The SMILES string of the molecule is CN(Cc1ccccc1)c1cc(-c2ccccc2)c2c(N)n[nH]c2n1. The van der Waals surface area contributed by atoms with Gasteiger partial charge in [-0.15, -0.1) is 0 Å². The number of hydrogen-bond acceptors (Lipinski definition) is 4. The minimum Gasteiger partial charge on any atom is -0.382 e. The van der Waals surface area contributed by atoms with Gasteiger partial charge in [0.25, 0.3) is 0 Å². The second-order valence-electron chi connectivity index (χ2n) is 6.07. The summed E-state index contributed by atoms with van der Waals surface area (Å²) in [4.78, 5) is 6.83. The van der Waals surface area contributed by atoms with E-state index in [1.165, 1.54) is 5.56 Å². The molecule has 0 aliphatic rings. The van der Waals surface area contributed by atoms with Crippen molar-refractivity contribution in [2.75, 3.05) is 17.7 Å². The van der Waals surface area contributed by atoms with E-state index >= 15 is 0 Å². The third kappa shape index (κ3) is 2.92. The van der Waals surface area contributed by atoms with Crippen LogP contribution in [-0.4, -0.2) is 22.2 Å². The maximum absolute atomic E-state index is 6.07. The molecule has 0 aliphatic carbocycles. The predicted octanol–water partition coefficient (Wildman–Crippen LogP) is 3.84. The average Bonchev–Trinajstić information content (AvgIpc) is 3.04. The quantitative estimate of drug-likeness (QED) is 0.597. The van der Waals surface area contributed by atoms with Gasteiger partial charge in [-0.25, -0.2) is 4.98 Å². The van der Waals surface area contributed by atoms with Crippen molar-refractivity contribution in [2.24, 2.45) is 0 Å². The van der Waals surface area contributed by atoms with Crippen molar-refractivity contribution in [3.05, 3.63) is 72.3 Å². The van der Waals surface area contributed by atoms with Crippen molar-refractivity contribution in [3.63, 3.8) is 0 Å². The van der Waals surface area contributed by atoms with E-state index in [0.29, 0.717) is 11.5 Å². The molecule has 0 spiro atoms. The van der Waals surface area contributed by atoms with Crippen LogP contribution in [0.2, 0.25) is 0 Å². The molecule has 124 valence electrons. The highest BCUT2D eigenvalue weighted by Gasteiger charge is 2.15. The Balaban J connectivity index is 1.80. The van der Waals surface area contributed by atoms with Gasteiger partial charge in [-0.1, -0.05) is 60.7 Å². The predicted molar refractivity (Wildman–Crippen MR) is 102 cm³/mol. The number of nitrogens with one attached hydrogen (secondary N) is 1. The number of aromatic amines is 1. The van der Waals surface area contributed by atoms with Gasteiger partial charge in [-0.3, -0.25) is 5.10 Å². The normalized spacial score (nSPS) is 10.9. The Morgan fingerprint density at radius 3 is 2.40 bits per heavy atom. The molecule has 2 aromatic carbocycles. The van der Waals surface area contributed by atoms with Crippen LogP contribution in [0.5, 0.6) is 0 Å². The van der Waals surface area contributed by atoms with Gasteiger partial charge in [0.1, 0.15) is 5.82 Å². The zero-order valence-corrected chi connectivity index (χ0v) is 14.0. The van der Waals surface area contributed by atoms with Crippen LogP contribution < -0.4 is 10.6 Å². The van der Waals surface area contributed by atoms with E-state index in [-0.39, 0.29) is 0 Å². The summed E-state index contributed by atoms with van der Waals surface area (Å²) < 4.78 is 0. The molecular weight excluding hydrogens is 310 g/mol. The Morgan fingerprint density at radius 2 is 1.68 bits per heavy atom. The van der Waals surface area contributed by atoms with Crippen molar-refractivity contribution in [2.45, 2.75) is 6.54 Å². The number of anilines is 2. The molecule has 0 saturated carbocycles. The number of fused-ring (bicyclic) bond motifs is 1. The maximum atomic E-state index is 6.07. The Labute approximate surface area is 146 Å². The lowest BCUT2D eigenvalue weighted by Crippen LogP contribution is -2.17. The van der Waals surface area contributed by atoms with E-state index in [4.69, 9.17) is 10.7 Å². The highest BCUT2D eigenvalue weighted by Crippen LogP contribution is 2.33. The third-order valence-corrected chi connectivity index (χ3v) is 4.28. The second kappa shape index (κ2) is 6.28. The highest BCUT2D eigenvalue weighted by molar-refractivity contribution is 6.01. The van der Waals surface area contributed by atoms with Gasteiger partial charge in [0.2, 0.25) is 0 Å². The first-order valence-corrected chi connectivity index (χ1v) is 8.17. The fraction of sp³-hybridized carbons (Fsp3) is 0.100. The minimum atomic E-state index is 0.471. The largest absolute Gasteiger partial charge is 0.382 e. The summed E-state index contributed by atoms with van der Waals surface area (Å²) in [7, 11) is 2.04. The molecule has 0 aliphatic heterocycles. The van der Waals surface area contributed by atoms with Gasteiger partial charge in [0.05, 0.1) is 5.39 Å². The molecule has 2 aromatic heterocycles. The van der Waals surface area contributed by atoms with Gasteiger partial charge < -0.3 is 10.6 Å². The van der Waals surface area contributed by atoms with Gasteiger partial charge in [0, 0.05) is 19.2 Å². The molecule has 4 rings (SSSR count). The number of nitrogens with zero attached hydrogens (tertiary/aromatic N) is 3. The molecule has 0 unspecified atom stereocenters. The molecule has 5 heteroatoms. The minimum absolute atomic E-state index is 0.471. The van der Waals surface area contributed by atoms with Crippen molar-refractivity contribution in [1.29, 1.82) is 0 Å². The first-order valence-electron chi connectivity index (χ1n) is 8.17. The first kappa shape index (κ1) is 15.2. The number of H-pyrrole nitrogens is 1. The molecule has 4 aromatic rings. The zero-order valence-electron chi connectivity index (χ0n) is 14.0. The smallest absolute Gasteiger partial charge is 0.160 e. The number of nitrogen functional groups attached to an aromatic ring is 1. The summed E-state index contributed by atoms with van der Waals surface area (Å²) in [5, 5.41) is 7.95. The average molecular weight is 329 g/mol. The van der Waals surface area contributed by atoms with Gasteiger partial charge in [-0.05, 0) is 17.2 Å². The maximum Gasteiger partial charge on any atom is 0.160 e. The van der Waals surface area contributed by atoms with Crippen LogP contribution in [0.4, 0.5) is 11.6 Å². The van der Waals surface area contributed by atoms with E-state index in [9.17, 15) is 0 Å². The topological polar surface area (TPSA) is 70.8 Å². The highest BCUT2D eigenvalue weighted by atomic mass is 15.2. The fourth-order valence-electron chi connectivity index (χ4n) is 3.02. The number of rotatable bonds is 4. The van der Waals surface area contributed by atoms with Gasteiger partial charge in [-0.2, -0.15) is 5.10 Å². The van der Waals surface area contributed by atoms with Crippen LogP contribution in [0.25, 0.3) is 22.2 Å². The Bertz CT molecular complexity index is 993. The number of pyridine rings is 1. The van der Waals surface area contributed by atoms with E-state index in [2.05, 4.69) is 45.4 Å². The van der Waals surface area contributed by atoms with Crippen LogP contribution in [0.3, 0.4) is 0 Å². The lowest BCUT2D eigenvalue weighted by atomic mass is 10.0. The zero-order chi connectivity index (χ0) is 17.2. The monoisotopic (exact) mass is 329 g/mol. The van der Waals surface area contributed by atoms with E-state index in [0.717, 1.165) is 28.9 Å². The molecule has 0 radical (unpaired) electrons. The molecule has 5 nitrogen and oxygen atoms in total. The van der Waals surface area contributed by atoms with Crippen LogP contribution in [-0.2, 0) is 6.54 Å². The first-order chi connectivity index (χ1) is 12.2. The van der Waals surface area contributed by atoms with Crippen LogP contribution in [0, 0.1) is 0 Å². The molecule has 25 heavy (non-hydrogen) atoms. The van der Waals surface area contributed by atoms with Crippen molar-refractivity contribution in [3.8, 4) is 11.1 Å². The number of benzene rings is 2. The lowest BCUT2D eigenvalue weighted by molar-refractivity contribution is 0.900. The van der Waals surface area contributed by atoms with Crippen molar-refractivity contribution >= 4 is 22.7 Å². The Hall–Kier alpha value is -3.34. The third-order valence-electron chi connectivity index (χ3n) is 4.28. The van der Waals surface area contributed by atoms with Gasteiger partial charge in [0.15, 0.2) is 11.5 Å². The number of hydrogen-bond donors (Lipinski definition) is 2. The summed E-state index contributed by atoms with van der Waals surface area (Å²) in [6.45, 7) is 0.775. The number of nitrogens with two attached hydrogens (primary N) is 1. The molecule has 3 N–H and O–H groups in total. The summed E-state index contributed by atoms with van der Waals surface area (Å²) in [6.07, 6.45) is 0. The van der Waals surface area contributed by atoms with Gasteiger partial charge >= 0.3 is 0 Å². The van der Waals surface area contributed by atoms with E-state index < -0.39 is 0 Å². The molecule has 2 heterocycles. The summed E-state index contributed by atoms with van der Waals surface area (Å²) in [5.41, 5.74) is 10.1. The van der Waals surface area contributed by atoms with Crippen LogP contribution >= 0.6 is 0 Å². The van der Waals surface area contributed by atoms with Crippen molar-refractivity contribution < 1.29 is 0 Å². The fourth-order valence-corrected chi connectivity index (χ4v) is 3.02. The lowest BCUT2D eigenvalue weighted by Gasteiger charge is -2.19. The molecule has 0 saturated heterocycles. The molecule has 0 atom stereocenters. The second-order valence-corrected chi connectivity index (χ2v) is 6.07. The Morgan fingerprint density at radius 1 is 1.00 bits per heavy atom. The summed E-state index contributed by atoms with van der Waals surface area (Å²) >= 11 is 0. The van der Waals surface area contributed by atoms with Crippen LogP contribution in [0.1, 0.15) is 5.56 Å². The Kier molecular flexibility index (Phi) is 3.82. The molecule has 0 fully saturated rings. The van der Waals surface area contributed by atoms with Crippen molar-refractivity contribution in [1.82, 2.24) is 15.2 Å². The number of aromatic nitrogens is 3. The summed E-state index contributed by atoms with van der Waals surface area (Å²) in [5.74, 6) is 1.34. The molecule has 0 bridgehead atoms. The summed E-state index contributed by atoms with van der Waals surface area (Å²) in [6, 6.07) is 22.6.